The summed E-state index contributed by atoms with van der Waals surface area (Å²) < 4.78 is 9.48. The van der Waals surface area contributed by atoms with Gasteiger partial charge in [0.2, 0.25) is 5.78 Å². The number of esters is 2. The van der Waals surface area contributed by atoms with E-state index in [1.165, 1.54) is 0 Å². The fourth-order valence-corrected chi connectivity index (χ4v) is 1.15. The maximum atomic E-state index is 11.2. The number of carbonyl (C=O) groups is 3. The lowest BCUT2D eigenvalue weighted by Gasteiger charge is -2.05. The molecule has 0 aromatic heterocycles. The molecule has 0 radical (unpaired) electrons. The Hall–Kier alpha value is -1.39. The molecule has 0 saturated carbocycles. The van der Waals surface area contributed by atoms with Crippen molar-refractivity contribution in [2.75, 3.05) is 13.2 Å². The zero-order chi connectivity index (χ0) is 13.8. The van der Waals surface area contributed by atoms with E-state index in [9.17, 15) is 14.4 Å². The number of Topliss-reactive ketones (excluding diaryl/α,β-unsaturated/α-hetero) is 1. The second-order valence-corrected chi connectivity index (χ2v) is 4.07. The van der Waals surface area contributed by atoms with Crippen LogP contribution in [0.25, 0.3) is 0 Å². The summed E-state index contributed by atoms with van der Waals surface area (Å²) in [5.74, 6) is -1.17. The van der Waals surface area contributed by atoms with E-state index in [1.807, 2.05) is 13.8 Å². The lowest BCUT2D eigenvalue weighted by atomic mass is 10.2. The Balaban J connectivity index is 3.59. The van der Waals surface area contributed by atoms with Crippen molar-refractivity contribution in [3.8, 4) is 0 Å². The van der Waals surface area contributed by atoms with E-state index in [4.69, 9.17) is 9.47 Å². The molecule has 0 spiro atoms. The predicted octanol–water partition coefficient (Wildman–Crippen LogP) is 2.02. The van der Waals surface area contributed by atoms with Crippen LogP contribution in [0.1, 0.15) is 52.4 Å². The molecule has 0 aliphatic heterocycles. The molecule has 0 aromatic rings. The van der Waals surface area contributed by atoms with Crippen molar-refractivity contribution in [3.63, 3.8) is 0 Å². The molecular weight excluding hydrogens is 236 g/mol. The molecule has 104 valence electrons. The minimum atomic E-state index is -0.398. The first kappa shape index (κ1) is 16.6. The minimum absolute atomic E-state index is 0.316. The Labute approximate surface area is 108 Å². The third kappa shape index (κ3) is 9.81. The number of ether oxygens (including phenoxy) is 2. The fourth-order valence-electron chi connectivity index (χ4n) is 1.15. The summed E-state index contributed by atoms with van der Waals surface area (Å²) in [7, 11) is 0. The predicted molar refractivity (Wildman–Crippen MR) is 66.0 cm³/mol. The van der Waals surface area contributed by atoms with Gasteiger partial charge in [-0.05, 0) is 12.8 Å². The number of hydrogen-bond donors (Lipinski definition) is 0. The molecular formula is C13H22O5. The van der Waals surface area contributed by atoms with Gasteiger partial charge in [0, 0.05) is 12.8 Å². The van der Waals surface area contributed by atoms with Crippen molar-refractivity contribution in [2.45, 2.75) is 52.4 Å². The average Bonchev–Trinajstić information content (AvgIpc) is 2.37. The van der Waals surface area contributed by atoms with Gasteiger partial charge in [-0.25, -0.2) is 0 Å². The molecule has 5 heteroatoms. The third-order valence-electron chi connectivity index (χ3n) is 2.26. The van der Waals surface area contributed by atoms with Crippen molar-refractivity contribution in [1.29, 1.82) is 0 Å². The molecule has 0 fully saturated rings. The van der Waals surface area contributed by atoms with Crippen LogP contribution in [0.3, 0.4) is 0 Å². The van der Waals surface area contributed by atoms with Crippen molar-refractivity contribution >= 4 is 17.7 Å². The van der Waals surface area contributed by atoms with E-state index in [0.29, 0.717) is 12.8 Å². The highest BCUT2D eigenvalue weighted by Gasteiger charge is 2.10. The van der Waals surface area contributed by atoms with Crippen LogP contribution in [0, 0.1) is 0 Å². The van der Waals surface area contributed by atoms with Crippen molar-refractivity contribution < 1.29 is 23.9 Å². The molecule has 0 bridgehead atoms. The summed E-state index contributed by atoms with van der Waals surface area (Å²) >= 11 is 0. The molecule has 0 saturated heterocycles. The average molecular weight is 258 g/mol. The highest BCUT2D eigenvalue weighted by molar-refractivity contribution is 5.85. The van der Waals surface area contributed by atoms with E-state index in [1.54, 1.807) is 0 Å². The first-order chi connectivity index (χ1) is 8.60. The molecule has 0 atom stereocenters. The number of unbranched alkanes of at least 4 members (excludes halogenated alkanes) is 2. The van der Waals surface area contributed by atoms with Gasteiger partial charge in [0.15, 0.2) is 13.2 Å². The van der Waals surface area contributed by atoms with Gasteiger partial charge >= 0.3 is 11.9 Å². The lowest BCUT2D eigenvalue weighted by Crippen LogP contribution is -2.20. The molecule has 0 amide bonds. The van der Waals surface area contributed by atoms with Crippen LogP contribution in [-0.4, -0.2) is 30.9 Å². The molecule has 0 unspecified atom stereocenters. The van der Waals surface area contributed by atoms with Gasteiger partial charge in [0.05, 0.1) is 0 Å². The summed E-state index contributed by atoms with van der Waals surface area (Å²) in [5.41, 5.74) is 0. The van der Waals surface area contributed by atoms with Gasteiger partial charge in [-0.15, -0.1) is 0 Å². The Morgan fingerprint density at radius 2 is 1.17 bits per heavy atom. The monoisotopic (exact) mass is 258 g/mol. The van der Waals surface area contributed by atoms with Crippen LogP contribution < -0.4 is 0 Å². The number of carbonyl (C=O) groups excluding carboxylic acids is 3. The van der Waals surface area contributed by atoms with Crippen LogP contribution in [0.15, 0.2) is 0 Å². The lowest BCUT2D eigenvalue weighted by molar-refractivity contribution is -0.153. The van der Waals surface area contributed by atoms with Crippen molar-refractivity contribution in [3.05, 3.63) is 0 Å². The third-order valence-corrected chi connectivity index (χ3v) is 2.26. The van der Waals surface area contributed by atoms with E-state index in [0.717, 1.165) is 25.7 Å². The molecule has 0 aliphatic carbocycles. The second kappa shape index (κ2) is 10.7. The molecule has 0 heterocycles. The molecule has 0 aliphatic rings. The van der Waals surface area contributed by atoms with Gasteiger partial charge in [-0.3, -0.25) is 14.4 Å². The zero-order valence-corrected chi connectivity index (χ0v) is 11.2. The van der Waals surface area contributed by atoms with Gasteiger partial charge in [0.1, 0.15) is 0 Å². The Morgan fingerprint density at radius 3 is 1.50 bits per heavy atom. The Bertz CT molecular complexity index is 247. The van der Waals surface area contributed by atoms with Crippen LogP contribution in [0.5, 0.6) is 0 Å². The van der Waals surface area contributed by atoms with Crippen molar-refractivity contribution in [1.82, 2.24) is 0 Å². The molecule has 0 rings (SSSR count). The minimum Gasteiger partial charge on any atom is -0.458 e. The van der Waals surface area contributed by atoms with Gasteiger partial charge < -0.3 is 9.47 Å². The number of ketones is 1. The normalized spacial score (nSPS) is 9.89. The highest BCUT2D eigenvalue weighted by atomic mass is 16.6. The molecule has 18 heavy (non-hydrogen) atoms. The summed E-state index contributed by atoms with van der Waals surface area (Å²) in [5, 5.41) is 0. The fraction of sp³-hybridized carbons (Fsp3) is 0.769. The molecule has 5 nitrogen and oxygen atoms in total. The number of rotatable bonds is 10. The Morgan fingerprint density at radius 1 is 0.778 bits per heavy atom. The summed E-state index contributed by atoms with van der Waals surface area (Å²) in [6, 6.07) is 0. The van der Waals surface area contributed by atoms with Gasteiger partial charge in [0.25, 0.3) is 0 Å². The first-order valence-corrected chi connectivity index (χ1v) is 6.43. The molecule has 0 N–H and O–H groups in total. The maximum Gasteiger partial charge on any atom is 0.306 e. The maximum absolute atomic E-state index is 11.2. The summed E-state index contributed by atoms with van der Waals surface area (Å²) in [6.07, 6.45) is 3.94. The van der Waals surface area contributed by atoms with E-state index < -0.39 is 5.78 Å². The van der Waals surface area contributed by atoms with E-state index in [-0.39, 0.29) is 25.2 Å². The number of hydrogen-bond acceptors (Lipinski definition) is 5. The van der Waals surface area contributed by atoms with Gasteiger partial charge in [-0.1, -0.05) is 26.7 Å². The Kier molecular flexibility index (Phi) is 9.91. The standard InChI is InChI=1S/C13H22O5/c1-3-5-7-12(15)17-9-11(14)10-18-13(16)8-6-4-2/h3-10H2,1-2H3. The molecule has 0 aromatic carbocycles. The zero-order valence-electron chi connectivity index (χ0n) is 11.2. The van der Waals surface area contributed by atoms with Crippen LogP contribution in [-0.2, 0) is 23.9 Å². The van der Waals surface area contributed by atoms with Crippen LogP contribution in [0.2, 0.25) is 0 Å². The first-order valence-electron chi connectivity index (χ1n) is 6.43. The van der Waals surface area contributed by atoms with Crippen LogP contribution >= 0.6 is 0 Å². The highest BCUT2D eigenvalue weighted by Crippen LogP contribution is 1.98. The van der Waals surface area contributed by atoms with E-state index >= 15 is 0 Å². The summed E-state index contributed by atoms with van der Waals surface area (Å²) in [6.45, 7) is 3.30. The van der Waals surface area contributed by atoms with E-state index in [2.05, 4.69) is 0 Å². The SMILES string of the molecule is CCCCC(=O)OCC(=O)COC(=O)CCCC. The van der Waals surface area contributed by atoms with Crippen molar-refractivity contribution in [2.24, 2.45) is 0 Å². The largest absolute Gasteiger partial charge is 0.458 e. The quantitative estimate of drug-likeness (QED) is 0.561. The topological polar surface area (TPSA) is 69.7 Å². The second-order valence-electron chi connectivity index (χ2n) is 4.07. The smallest absolute Gasteiger partial charge is 0.306 e. The van der Waals surface area contributed by atoms with Gasteiger partial charge in [-0.2, -0.15) is 0 Å². The van der Waals surface area contributed by atoms with Crippen LogP contribution in [0.4, 0.5) is 0 Å². The summed E-state index contributed by atoms with van der Waals surface area (Å²) in [4.78, 5) is 33.5.